The van der Waals surface area contributed by atoms with Crippen molar-refractivity contribution in [1.82, 2.24) is 4.90 Å². The second kappa shape index (κ2) is 5.56. The fourth-order valence-electron chi connectivity index (χ4n) is 2.32. The molecule has 1 aliphatic rings. The van der Waals surface area contributed by atoms with Crippen LogP contribution in [0.25, 0.3) is 0 Å². The lowest BCUT2D eigenvalue weighted by Gasteiger charge is -2.27. The van der Waals surface area contributed by atoms with Gasteiger partial charge >= 0.3 is 5.97 Å². The average Bonchev–Trinajstić information content (AvgIpc) is 2.93. The fraction of sp³-hybridized carbons (Fsp3) is 0.600. The van der Waals surface area contributed by atoms with Crippen LogP contribution < -0.4 is 0 Å². The van der Waals surface area contributed by atoms with Crippen LogP contribution in [-0.4, -0.2) is 35.0 Å². The Labute approximate surface area is 123 Å². The van der Waals surface area contributed by atoms with E-state index in [1.54, 1.807) is 4.90 Å². The Bertz CT molecular complexity index is 515. The number of ether oxygens (including phenoxy) is 1. The van der Waals surface area contributed by atoms with Gasteiger partial charge in [-0.25, -0.2) is 4.79 Å². The van der Waals surface area contributed by atoms with Crippen LogP contribution in [0.5, 0.6) is 0 Å². The van der Waals surface area contributed by atoms with Crippen molar-refractivity contribution in [1.29, 1.82) is 0 Å². The molecule has 1 fully saturated rings. The molecular weight excluding hydrogens is 274 g/mol. The zero-order chi connectivity index (χ0) is 14.9. The van der Waals surface area contributed by atoms with Crippen LogP contribution in [0.1, 0.15) is 48.2 Å². The maximum absolute atomic E-state index is 12.5. The van der Waals surface area contributed by atoms with Gasteiger partial charge in [0.25, 0.3) is 5.91 Å². The molecule has 1 aliphatic heterocycles. The number of amides is 1. The van der Waals surface area contributed by atoms with Gasteiger partial charge in [0.05, 0.1) is 4.88 Å². The molecule has 4 nitrogen and oxygen atoms in total. The van der Waals surface area contributed by atoms with Crippen LogP contribution in [0.3, 0.4) is 0 Å². The molecule has 1 aromatic heterocycles. The maximum Gasteiger partial charge on any atom is 0.329 e. The van der Waals surface area contributed by atoms with Gasteiger partial charge in [0, 0.05) is 11.4 Å². The number of hydrogen-bond donors (Lipinski definition) is 0. The minimum absolute atomic E-state index is 0.0588. The maximum atomic E-state index is 12.5. The normalized spacial score (nSPS) is 19.2. The number of carbonyl (C=O) groups is 2. The highest BCUT2D eigenvalue weighted by Crippen LogP contribution is 2.25. The Hall–Kier alpha value is -1.36. The summed E-state index contributed by atoms with van der Waals surface area (Å²) < 4.78 is 5.41. The van der Waals surface area contributed by atoms with Crippen molar-refractivity contribution in [3.63, 3.8) is 0 Å². The molecule has 1 aromatic rings. The molecule has 110 valence electrons. The summed E-state index contributed by atoms with van der Waals surface area (Å²) in [5, 5.41) is 0. The Morgan fingerprint density at radius 3 is 2.60 bits per heavy atom. The Morgan fingerprint density at radius 2 is 2.05 bits per heavy atom. The summed E-state index contributed by atoms with van der Waals surface area (Å²) in [5.41, 5.74) is -0.520. The molecule has 1 saturated heterocycles. The lowest BCUT2D eigenvalue weighted by molar-refractivity contribution is -0.159. The van der Waals surface area contributed by atoms with Crippen molar-refractivity contribution < 1.29 is 14.3 Å². The second-order valence-electron chi connectivity index (χ2n) is 6.10. The first-order chi connectivity index (χ1) is 9.28. The monoisotopic (exact) mass is 295 g/mol. The zero-order valence-electron chi connectivity index (χ0n) is 12.4. The van der Waals surface area contributed by atoms with Crippen molar-refractivity contribution in [2.24, 2.45) is 0 Å². The highest BCUT2D eigenvalue weighted by Gasteiger charge is 2.37. The minimum atomic E-state index is -0.520. The largest absolute Gasteiger partial charge is 0.458 e. The molecule has 1 amide bonds. The predicted molar refractivity (Wildman–Crippen MR) is 79.0 cm³/mol. The lowest BCUT2D eigenvalue weighted by Crippen LogP contribution is -2.43. The summed E-state index contributed by atoms with van der Waals surface area (Å²) in [6.45, 7) is 8.12. The van der Waals surface area contributed by atoms with Crippen molar-refractivity contribution in [2.45, 2.75) is 52.2 Å². The minimum Gasteiger partial charge on any atom is -0.458 e. The average molecular weight is 295 g/mol. The van der Waals surface area contributed by atoms with E-state index in [1.807, 2.05) is 39.8 Å². The van der Waals surface area contributed by atoms with E-state index >= 15 is 0 Å². The van der Waals surface area contributed by atoms with Gasteiger partial charge in [0.2, 0.25) is 0 Å². The fourth-order valence-corrected chi connectivity index (χ4v) is 3.14. The summed E-state index contributed by atoms with van der Waals surface area (Å²) in [5.74, 6) is -0.354. The third-order valence-corrected chi connectivity index (χ3v) is 4.13. The van der Waals surface area contributed by atoms with Crippen molar-refractivity contribution in [3.8, 4) is 0 Å². The van der Waals surface area contributed by atoms with Gasteiger partial charge in [-0.2, -0.15) is 0 Å². The number of hydrogen-bond acceptors (Lipinski definition) is 4. The van der Waals surface area contributed by atoms with E-state index in [0.29, 0.717) is 17.8 Å². The molecule has 0 N–H and O–H groups in total. The number of aryl methyl sites for hydroxylation is 1. The first-order valence-electron chi connectivity index (χ1n) is 6.88. The molecule has 0 aromatic carbocycles. The van der Waals surface area contributed by atoms with Crippen LogP contribution in [0.4, 0.5) is 0 Å². The molecule has 0 unspecified atom stereocenters. The van der Waals surface area contributed by atoms with Crippen molar-refractivity contribution in [3.05, 3.63) is 21.9 Å². The van der Waals surface area contributed by atoms with Gasteiger partial charge < -0.3 is 9.64 Å². The quantitative estimate of drug-likeness (QED) is 0.788. The SMILES string of the molecule is Cc1ccc(C(=O)N2CCC[C@@H]2C(=O)OC(C)(C)C)s1. The number of esters is 1. The van der Waals surface area contributed by atoms with Gasteiger partial charge in [0.15, 0.2) is 0 Å². The summed E-state index contributed by atoms with van der Waals surface area (Å²) in [6.07, 6.45) is 1.53. The summed E-state index contributed by atoms with van der Waals surface area (Å²) in [6, 6.07) is 3.31. The Kier molecular flexibility index (Phi) is 4.18. The summed E-state index contributed by atoms with van der Waals surface area (Å²) in [7, 11) is 0. The molecule has 20 heavy (non-hydrogen) atoms. The first kappa shape index (κ1) is 15.0. The van der Waals surface area contributed by atoms with Crippen LogP contribution in [0.2, 0.25) is 0 Å². The number of likely N-dealkylation sites (tertiary alicyclic amines) is 1. The van der Waals surface area contributed by atoms with Gasteiger partial charge in [-0.1, -0.05) is 0 Å². The second-order valence-corrected chi connectivity index (χ2v) is 7.39. The Morgan fingerprint density at radius 1 is 1.35 bits per heavy atom. The predicted octanol–water partition coefficient (Wildman–Crippen LogP) is 3.00. The standard InChI is InChI=1S/C15H21NO3S/c1-10-7-8-12(20-10)13(17)16-9-5-6-11(16)14(18)19-15(2,3)4/h7-8,11H,5-6,9H2,1-4H3/t11-/m1/s1. The summed E-state index contributed by atoms with van der Waals surface area (Å²) >= 11 is 1.47. The number of rotatable bonds is 2. The van der Waals surface area contributed by atoms with Crippen LogP contribution >= 0.6 is 11.3 Å². The molecule has 0 aliphatic carbocycles. The van der Waals surface area contributed by atoms with E-state index in [4.69, 9.17) is 4.74 Å². The molecule has 2 rings (SSSR count). The molecular formula is C15H21NO3S. The topological polar surface area (TPSA) is 46.6 Å². The Balaban J connectivity index is 2.11. The first-order valence-corrected chi connectivity index (χ1v) is 7.70. The molecule has 0 radical (unpaired) electrons. The zero-order valence-corrected chi connectivity index (χ0v) is 13.3. The molecule has 0 spiro atoms. The van der Waals surface area contributed by atoms with E-state index < -0.39 is 11.6 Å². The number of carbonyl (C=O) groups excluding carboxylic acids is 2. The van der Waals surface area contributed by atoms with Gasteiger partial charge in [-0.05, 0) is 52.7 Å². The molecule has 1 atom stereocenters. The van der Waals surface area contributed by atoms with Crippen molar-refractivity contribution >= 4 is 23.2 Å². The number of nitrogens with zero attached hydrogens (tertiary/aromatic N) is 1. The van der Waals surface area contributed by atoms with Crippen LogP contribution in [0.15, 0.2) is 12.1 Å². The van der Waals surface area contributed by atoms with Crippen LogP contribution in [-0.2, 0) is 9.53 Å². The molecule has 2 heterocycles. The highest BCUT2D eigenvalue weighted by atomic mass is 32.1. The highest BCUT2D eigenvalue weighted by molar-refractivity contribution is 7.13. The lowest BCUT2D eigenvalue weighted by atomic mass is 10.1. The molecule has 5 heteroatoms. The van der Waals surface area contributed by atoms with E-state index in [1.165, 1.54) is 11.3 Å². The van der Waals surface area contributed by atoms with Gasteiger partial charge in [0.1, 0.15) is 11.6 Å². The van der Waals surface area contributed by atoms with Gasteiger partial charge in [-0.15, -0.1) is 11.3 Å². The molecule has 0 saturated carbocycles. The summed E-state index contributed by atoms with van der Waals surface area (Å²) in [4.78, 5) is 28.1. The van der Waals surface area contributed by atoms with Gasteiger partial charge in [-0.3, -0.25) is 4.79 Å². The van der Waals surface area contributed by atoms with Crippen molar-refractivity contribution in [2.75, 3.05) is 6.54 Å². The smallest absolute Gasteiger partial charge is 0.329 e. The van der Waals surface area contributed by atoms with Crippen LogP contribution in [0, 0.1) is 6.92 Å². The van der Waals surface area contributed by atoms with E-state index in [2.05, 4.69) is 0 Å². The number of thiophene rings is 1. The third-order valence-electron chi connectivity index (χ3n) is 3.14. The molecule has 0 bridgehead atoms. The van der Waals surface area contributed by atoms with E-state index in [9.17, 15) is 9.59 Å². The third kappa shape index (κ3) is 3.39. The van der Waals surface area contributed by atoms with E-state index in [0.717, 1.165) is 11.3 Å². The van der Waals surface area contributed by atoms with E-state index in [-0.39, 0.29) is 11.9 Å².